The van der Waals surface area contributed by atoms with Gasteiger partial charge in [-0.2, -0.15) is 4.68 Å². The van der Waals surface area contributed by atoms with Crippen LogP contribution >= 0.6 is 11.8 Å². The van der Waals surface area contributed by atoms with Crippen LogP contribution in [-0.2, 0) is 4.74 Å². The molecular weight excluding hydrogens is 326 g/mol. The smallest absolute Gasteiger partial charge is 0.214 e. The summed E-state index contributed by atoms with van der Waals surface area (Å²) in [6.45, 7) is 8.33. The average molecular weight is 350 g/mol. The third-order valence-corrected chi connectivity index (χ3v) is 5.21. The van der Waals surface area contributed by atoms with Gasteiger partial charge in [-0.05, 0) is 35.9 Å². The fourth-order valence-electron chi connectivity index (χ4n) is 2.89. The summed E-state index contributed by atoms with van der Waals surface area (Å²) in [6.07, 6.45) is -0.382. The first-order chi connectivity index (χ1) is 11.6. The van der Waals surface area contributed by atoms with E-state index in [1.165, 1.54) is 22.2 Å². The number of thioether (sulfide) groups is 1. The molecule has 1 fully saturated rings. The standard InChI is InChI=1S/C16H23N5O2S/c1-12-3-4-15(13(2)9-12)21-16(17-18-19-21)24-11-14(22)10-20-5-7-23-8-6-20/h3-4,9,14,22H,5-8,10-11H2,1-2H3/p+1/t14-/m1/s1. The number of tetrazole rings is 1. The molecule has 0 aliphatic carbocycles. The predicted octanol–water partition coefficient (Wildman–Crippen LogP) is -0.353. The van der Waals surface area contributed by atoms with Gasteiger partial charge in [-0.1, -0.05) is 29.5 Å². The highest BCUT2D eigenvalue weighted by Gasteiger charge is 2.20. The molecule has 0 unspecified atom stereocenters. The van der Waals surface area contributed by atoms with E-state index in [2.05, 4.69) is 41.5 Å². The molecule has 1 aromatic carbocycles. The molecule has 130 valence electrons. The maximum absolute atomic E-state index is 10.3. The first-order valence-electron chi connectivity index (χ1n) is 8.21. The van der Waals surface area contributed by atoms with Gasteiger partial charge in [0.15, 0.2) is 0 Å². The molecule has 2 N–H and O–H groups in total. The van der Waals surface area contributed by atoms with Crippen LogP contribution in [-0.4, -0.2) is 70.0 Å². The van der Waals surface area contributed by atoms with Gasteiger partial charge in [-0.25, -0.2) is 0 Å². The van der Waals surface area contributed by atoms with E-state index in [9.17, 15) is 5.11 Å². The lowest BCUT2D eigenvalue weighted by molar-refractivity contribution is -0.910. The molecule has 2 aromatic rings. The number of benzene rings is 1. The molecule has 1 atom stereocenters. The van der Waals surface area contributed by atoms with Crippen LogP contribution in [0, 0.1) is 13.8 Å². The fourth-order valence-corrected chi connectivity index (χ4v) is 3.70. The molecule has 0 spiro atoms. The largest absolute Gasteiger partial charge is 0.386 e. The topological polar surface area (TPSA) is 77.5 Å². The Bertz CT molecular complexity index is 672. The second-order valence-corrected chi connectivity index (χ2v) is 7.18. The van der Waals surface area contributed by atoms with Crippen molar-refractivity contribution >= 4 is 11.8 Å². The molecule has 1 aliphatic heterocycles. The SMILES string of the molecule is Cc1ccc(-n2nnnc2SC[C@H](O)C[NH+]2CCOCC2)c(C)c1. The molecule has 24 heavy (non-hydrogen) atoms. The van der Waals surface area contributed by atoms with Crippen LogP contribution in [0.2, 0.25) is 0 Å². The van der Waals surface area contributed by atoms with Gasteiger partial charge in [0.2, 0.25) is 5.16 Å². The molecule has 1 saturated heterocycles. The number of morpholine rings is 1. The molecule has 3 rings (SSSR count). The molecule has 1 aliphatic rings. The number of ether oxygens (including phenoxy) is 1. The highest BCUT2D eigenvalue weighted by atomic mass is 32.2. The number of aromatic nitrogens is 4. The van der Waals surface area contributed by atoms with Crippen molar-refractivity contribution in [2.24, 2.45) is 0 Å². The Morgan fingerprint density at radius 3 is 2.88 bits per heavy atom. The van der Waals surface area contributed by atoms with Gasteiger partial charge in [0.1, 0.15) is 25.7 Å². The van der Waals surface area contributed by atoms with E-state index < -0.39 is 0 Å². The third kappa shape index (κ3) is 4.32. The Labute approximate surface area is 146 Å². The molecule has 0 amide bonds. The van der Waals surface area contributed by atoms with Crippen molar-refractivity contribution in [3.8, 4) is 5.69 Å². The van der Waals surface area contributed by atoms with Gasteiger partial charge < -0.3 is 14.7 Å². The van der Waals surface area contributed by atoms with Crippen LogP contribution in [0.1, 0.15) is 11.1 Å². The Morgan fingerprint density at radius 2 is 2.12 bits per heavy atom. The van der Waals surface area contributed by atoms with E-state index in [1.54, 1.807) is 4.68 Å². The number of aryl methyl sites for hydroxylation is 2. The monoisotopic (exact) mass is 350 g/mol. The van der Waals surface area contributed by atoms with E-state index >= 15 is 0 Å². The fraction of sp³-hybridized carbons (Fsp3) is 0.562. The maximum atomic E-state index is 10.3. The van der Waals surface area contributed by atoms with Crippen molar-refractivity contribution in [3.05, 3.63) is 29.3 Å². The van der Waals surface area contributed by atoms with Gasteiger partial charge in [0.25, 0.3) is 0 Å². The van der Waals surface area contributed by atoms with Gasteiger partial charge in [0, 0.05) is 5.75 Å². The highest BCUT2D eigenvalue weighted by Crippen LogP contribution is 2.21. The van der Waals surface area contributed by atoms with Crippen molar-refractivity contribution < 1.29 is 14.7 Å². The molecule has 0 saturated carbocycles. The van der Waals surface area contributed by atoms with Gasteiger partial charge >= 0.3 is 0 Å². The molecule has 8 heteroatoms. The van der Waals surface area contributed by atoms with E-state index in [1.807, 2.05) is 6.07 Å². The summed E-state index contributed by atoms with van der Waals surface area (Å²) in [7, 11) is 0. The van der Waals surface area contributed by atoms with Crippen molar-refractivity contribution in [2.45, 2.75) is 25.1 Å². The van der Waals surface area contributed by atoms with Crippen LogP contribution in [0.25, 0.3) is 5.69 Å². The molecule has 0 radical (unpaired) electrons. The zero-order chi connectivity index (χ0) is 16.9. The van der Waals surface area contributed by atoms with Crippen LogP contribution in [0.3, 0.4) is 0 Å². The first-order valence-corrected chi connectivity index (χ1v) is 9.20. The molecule has 1 aromatic heterocycles. The number of nitrogens with one attached hydrogen (secondary N) is 1. The summed E-state index contributed by atoms with van der Waals surface area (Å²) in [5, 5.41) is 23.0. The van der Waals surface area contributed by atoms with Crippen LogP contribution in [0.15, 0.2) is 23.4 Å². The number of nitrogens with zero attached hydrogens (tertiary/aromatic N) is 4. The van der Waals surface area contributed by atoms with E-state index in [-0.39, 0.29) is 6.10 Å². The Kier molecular flexibility index (Phi) is 5.83. The number of hydrogen-bond donors (Lipinski definition) is 2. The quantitative estimate of drug-likeness (QED) is 0.694. The number of hydrogen-bond acceptors (Lipinski definition) is 6. The van der Waals surface area contributed by atoms with Gasteiger partial charge in [-0.3, -0.25) is 0 Å². The maximum Gasteiger partial charge on any atom is 0.214 e. The molecule has 2 heterocycles. The van der Waals surface area contributed by atoms with Crippen molar-refractivity contribution in [1.29, 1.82) is 0 Å². The average Bonchev–Trinajstić information content (AvgIpc) is 3.02. The Morgan fingerprint density at radius 1 is 1.33 bits per heavy atom. The predicted molar refractivity (Wildman–Crippen MR) is 91.7 cm³/mol. The zero-order valence-electron chi connectivity index (χ0n) is 14.1. The Hall–Kier alpha value is -1.48. The second-order valence-electron chi connectivity index (χ2n) is 6.19. The minimum atomic E-state index is -0.382. The molecule has 0 bridgehead atoms. The first kappa shape index (κ1) is 17.3. The molecule has 7 nitrogen and oxygen atoms in total. The van der Waals surface area contributed by atoms with Crippen LogP contribution < -0.4 is 4.90 Å². The number of quaternary nitrogens is 1. The van der Waals surface area contributed by atoms with Crippen molar-refractivity contribution in [2.75, 3.05) is 38.6 Å². The third-order valence-electron chi connectivity index (χ3n) is 4.15. The summed E-state index contributed by atoms with van der Waals surface area (Å²) < 4.78 is 7.09. The zero-order valence-corrected chi connectivity index (χ0v) is 14.9. The summed E-state index contributed by atoms with van der Waals surface area (Å²) in [5.41, 5.74) is 3.31. The van der Waals surface area contributed by atoms with Gasteiger partial charge in [0.05, 0.1) is 18.9 Å². The van der Waals surface area contributed by atoms with Gasteiger partial charge in [-0.15, -0.1) is 5.10 Å². The summed E-state index contributed by atoms with van der Waals surface area (Å²) in [5.74, 6) is 0.579. The normalized spacial score (nSPS) is 17.1. The van der Waals surface area contributed by atoms with E-state index in [4.69, 9.17) is 4.74 Å². The summed E-state index contributed by atoms with van der Waals surface area (Å²) in [4.78, 5) is 1.39. The summed E-state index contributed by atoms with van der Waals surface area (Å²) >= 11 is 1.49. The van der Waals surface area contributed by atoms with Crippen molar-refractivity contribution in [3.63, 3.8) is 0 Å². The number of aliphatic hydroxyl groups is 1. The van der Waals surface area contributed by atoms with E-state index in [0.717, 1.165) is 44.1 Å². The number of rotatable bonds is 6. The van der Waals surface area contributed by atoms with Crippen molar-refractivity contribution in [1.82, 2.24) is 20.2 Å². The van der Waals surface area contributed by atoms with Crippen LogP contribution in [0.5, 0.6) is 0 Å². The molecular formula is C16H24N5O2S+. The summed E-state index contributed by atoms with van der Waals surface area (Å²) in [6, 6.07) is 6.19. The lowest BCUT2D eigenvalue weighted by atomic mass is 10.1. The minimum absolute atomic E-state index is 0.382. The minimum Gasteiger partial charge on any atom is -0.386 e. The number of aliphatic hydroxyl groups excluding tert-OH is 1. The van der Waals surface area contributed by atoms with Crippen LogP contribution in [0.4, 0.5) is 0 Å². The second kappa shape index (κ2) is 8.06. The lowest BCUT2D eigenvalue weighted by Gasteiger charge is -2.25. The Balaban J connectivity index is 1.61. The lowest BCUT2D eigenvalue weighted by Crippen LogP contribution is -3.15. The highest BCUT2D eigenvalue weighted by molar-refractivity contribution is 7.99. The van der Waals surface area contributed by atoms with E-state index in [0.29, 0.717) is 10.9 Å².